The van der Waals surface area contributed by atoms with E-state index in [0.717, 1.165) is 28.1 Å². The van der Waals surface area contributed by atoms with E-state index in [1.807, 2.05) is 6.07 Å². The molecule has 6 heteroatoms. The third-order valence-electron chi connectivity index (χ3n) is 5.17. The third-order valence-corrected chi connectivity index (χ3v) is 5.17. The summed E-state index contributed by atoms with van der Waals surface area (Å²) in [6.45, 7) is 1.03. The zero-order valence-electron chi connectivity index (χ0n) is 14.7. The molecule has 138 valence electrons. The molecule has 0 saturated heterocycles. The number of aromatic nitrogens is 2. The summed E-state index contributed by atoms with van der Waals surface area (Å²) in [6.07, 6.45) is 1.74. The van der Waals surface area contributed by atoms with E-state index in [1.165, 1.54) is 6.07 Å². The fourth-order valence-corrected chi connectivity index (χ4v) is 3.75. The van der Waals surface area contributed by atoms with Gasteiger partial charge in [-0.1, -0.05) is 36.4 Å². The van der Waals surface area contributed by atoms with Gasteiger partial charge in [-0.2, -0.15) is 5.10 Å². The van der Waals surface area contributed by atoms with Gasteiger partial charge in [0.25, 0.3) is 5.91 Å². The van der Waals surface area contributed by atoms with Crippen LogP contribution in [0.5, 0.6) is 0 Å². The second kappa shape index (κ2) is 6.27. The van der Waals surface area contributed by atoms with E-state index in [0.29, 0.717) is 24.2 Å². The van der Waals surface area contributed by atoms with Gasteiger partial charge in [0.15, 0.2) is 11.6 Å². The standard InChI is InChI=1S/C22H15F2N3O/c23-19-6-2-5-18(21(19)24)17-4-1-3-13-9-14(7-8-16(13)17)22(28)27-11-15-10-25-26-20(15)12-27/h1-10H,11-12H2,(H,25,26). The van der Waals surface area contributed by atoms with Crippen molar-refractivity contribution in [1.82, 2.24) is 15.1 Å². The summed E-state index contributed by atoms with van der Waals surface area (Å²) in [7, 11) is 0. The van der Waals surface area contributed by atoms with Crippen LogP contribution in [0.25, 0.3) is 21.9 Å². The van der Waals surface area contributed by atoms with Gasteiger partial charge in [0.2, 0.25) is 0 Å². The van der Waals surface area contributed by atoms with Crippen molar-refractivity contribution in [3.63, 3.8) is 0 Å². The molecule has 3 aromatic carbocycles. The van der Waals surface area contributed by atoms with Crippen LogP contribution in [0.1, 0.15) is 21.6 Å². The maximum Gasteiger partial charge on any atom is 0.254 e. The average Bonchev–Trinajstić information content (AvgIpc) is 3.31. The monoisotopic (exact) mass is 375 g/mol. The number of carbonyl (C=O) groups excluding carboxylic acids is 1. The second-order valence-corrected chi connectivity index (χ2v) is 6.88. The highest BCUT2D eigenvalue weighted by Gasteiger charge is 2.26. The van der Waals surface area contributed by atoms with Gasteiger partial charge in [0, 0.05) is 23.2 Å². The van der Waals surface area contributed by atoms with Gasteiger partial charge in [-0.3, -0.25) is 9.89 Å². The first-order valence-electron chi connectivity index (χ1n) is 8.89. The van der Waals surface area contributed by atoms with Crippen LogP contribution in [0, 0.1) is 11.6 Å². The smallest absolute Gasteiger partial charge is 0.254 e. The number of hydrogen-bond acceptors (Lipinski definition) is 2. The SMILES string of the molecule is O=C(c1ccc2c(-c3cccc(F)c3F)cccc2c1)N1Cc2cn[nH]c2C1. The Hall–Kier alpha value is -3.54. The van der Waals surface area contributed by atoms with Crippen molar-refractivity contribution in [2.75, 3.05) is 0 Å². The first-order chi connectivity index (χ1) is 13.6. The van der Waals surface area contributed by atoms with Gasteiger partial charge in [-0.15, -0.1) is 0 Å². The molecule has 1 aliphatic heterocycles. The van der Waals surface area contributed by atoms with E-state index >= 15 is 0 Å². The first kappa shape index (κ1) is 16.6. The van der Waals surface area contributed by atoms with E-state index in [-0.39, 0.29) is 11.5 Å². The molecule has 4 nitrogen and oxygen atoms in total. The van der Waals surface area contributed by atoms with Crippen LogP contribution in [0.3, 0.4) is 0 Å². The summed E-state index contributed by atoms with van der Waals surface area (Å²) in [5.74, 6) is -1.83. The Morgan fingerprint density at radius 2 is 1.82 bits per heavy atom. The Bertz CT molecular complexity index is 1210. The number of H-pyrrole nitrogens is 1. The molecule has 0 atom stereocenters. The third kappa shape index (κ3) is 2.57. The van der Waals surface area contributed by atoms with Crippen molar-refractivity contribution >= 4 is 16.7 Å². The zero-order chi connectivity index (χ0) is 19.3. The Kier molecular flexibility index (Phi) is 3.72. The normalized spacial score (nSPS) is 13.1. The number of nitrogens with one attached hydrogen (secondary N) is 1. The van der Waals surface area contributed by atoms with E-state index < -0.39 is 11.6 Å². The molecule has 0 unspecified atom stereocenters. The largest absolute Gasteiger partial charge is 0.328 e. The fraction of sp³-hybridized carbons (Fsp3) is 0.0909. The average molecular weight is 375 g/mol. The van der Waals surface area contributed by atoms with E-state index in [1.54, 1.807) is 47.5 Å². The van der Waals surface area contributed by atoms with Crippen LogP contribution in [-0.2, 0) is 13.1 Å². The highest BCUT2D eigenvalue weighted by Crippen LogP contribution is 2.32. The van der Waals surface area contributed by atoms with Crippen LogP contribution in [0.2, 0.25) is 0 Å². The molecule has 0 fully saturated rings. The van der Waals surface area contributed by atoms with Crippen molar-refractivity contribution in [3.05, 3.63) is 89.2 Å². The predicted molar refractivity (Wildman–Crippen MR) is 101 cm³/mol. The Morgan fingerprint density at radius 1 is 1.00 bits per heavy atom. The number of rotatable bonds is 2. The van der Waals surface area contributed by atoms with E-state index in [2.05, 4.69) is 10.2 Å². The van der Waals surface area contributed by atoms with Crippen molar-refractivity contribution < 1.29 is 13.6 Å². The van der Waals surface area contributed by atoms with E-state index in [9.17, 15) is 13.6 Å². The van der Waals surface area contributed by atoms with Gasteiger partial charge in [0.05, 0.1) is 18.4 Å². The second-order valence-electron chi connectivity index (χ2n) is 6.88. The lowest BCUT2D eigenvalue weighted by Crippen LogP contribution is -2.25. The summed E-state index contributed by atoms with van der Waals surface area (Å²) in [5, 5.41) is 8.45. The minimum absolute atomic E-state index is 0.0751. The molecule has 4 aromatic rings. The molecule has 0 bridgehead atoms. The summed E-state index contributed by atoms with van der Waals surface area (Å²) < 4.78 is 27.9. The lowest BCUT2D eigenvalue weighted by molar-refractivity contribution is 0.0749. The summed E-state index contributed by atoms with van der Waals surface area (Å²) in [6, 6.07) is 14.9. The summed E-state index contributed by atoms with van der Waals surface area (Å²) in [4.78, 5) is 14.6. The van der Waals surface area contributed by atoms with Gasteiger partial charge in [-0.05, 0) is 34.5 Å². The molecular formula is C22H15F2N3O. The van der Waals surface area contributed by atoms with Gasteiger partial charge in [0.1, 0.15) is 0 Å². The number of benzene rings is 3. The first-order valence-corrected chi connectivity index (χ1v) is 8.89. The maximum atomic E-state index is 14.3. The molecule has 1 aromatic heterocycles. The minimum Gasteiger partial charge on any atom is -0.328 e. The molecule has 5 rings (SSSR count). The lowest BCUT2D eigenvalue weighted by Gasteiger charge is -2.16. The van der Waals surface area contributed by atoms with Crippen LogP contribution < -0.4 is 0 Å². The number of fused-ring (bicyclic) bond motifs is 2. The van der Waals surface area contributed by atoms with Crippen LogP contribution in [0.15, 0.2) is 60.8 Å². The van der Waals surface area contributed by atoms with Crippen molar-refractivity contribution in [1.29, 1.82) is 0 Å². The highest BCUT2D eigenvalue weighted by atomic mass is 19.2. The van der Waals surface area contributed by atoms with Gasteiger partial charge < -0.3 is 4.90 Å². The van der Waals surface area contributed by atoms with Crippen molar-refractivity contribution in [2.45, 2.75) is 13.1 Å². The van der Waals surface area contributed by atoms with Gasteiger partial charge in [-0.25, -0.2) is 8.78 Å². The molecule has 1 N–H and O–H groups in total. The van der Waals surface area contributed by atoms with Crippen LogP contribution in [-0.4, -0.2) is 21.0 Å². The molecule has 1 aliphatic rings. The topological polar surface area (TPSA) is 49.0 Å². The molecule has 1 amide bonds. The molecule has 2 heterocycles. The maximum absolute atomic E-state index is 14.3. The number of amides is 1. The number of aromatic amines is 1. The van der Waals surface area contributed by atoms with Crippen LogP contribution in [0.4, 0.5) is 8.78 Å². The van der Waals surface area contributed by atoms with Gasteiger partial charge >= 0.3 is 0 Å². The number of hydrogen-bond donors (Lipinski definition) is 1. The van der Waals surface area contributed by atoms with E-state index in [4.69, 9.17) is 0 Å². The zero-order valence-corrected chi connectivity index (χ0v) is 14.7. The number of nitrogens with zero attached hydrogens (tertiary/aromatic N) is 2. The Morgan fingerprint density at radius 3 is 2.68 bits per heavy atom. The molecule has 0 radical (unpaired) electrons. The molecule has 0 aliphatic carbocycles. The Labute approximate surface area is 159 Å². The Balaban J connectivity index is 1.53. The molecule has 0 saturated carbocycles. The number of halogens is 2. The van der Waals surface area contributed by atoms with Crippen molar-refractivity contribution in [3.8, 4) is 11.1 Å². The highest BCUT2D eigenvalue weighted by molar-refractivity contribution is 6.02. The quantitative estimate of drug-likeness (QED) is 0.554. The molecule has 28 heavy (non-hydrogen) atoms. The van der Waals surface area contributed by atoms with Crippen molar-refractivity contribution in [2.24, 2.45) is 0 Å². The number of carbonyl (C=O) groups is 1. The fourth-order valence-electron chi connectivity index (χ4n) is 3.75. The summed E-state index contributed by atoms with van der Waals surface area (Å²) in [5.41, 5.74) is 3.34. The summed E-state index contributed by atoms with van der Waals surface area (Å²) >= 11 is 0. The van der Waals surface area contributed by atoms with Crippen LogP contribution >= 0.6 is 0 Å². The lowest BCUT2D eigenvalue weighted by atomic mass is 9.96. The molecular weight excluding hydrogens is 360 g/mol. The molecule has 0 spiro atoms. The minimum atomic E-state index is -0.881. The predicted octanol–water partition coefficient (Wildman–Crippen LogP) is 4.66.